The van der Waals surface area contributed by atoms with Gasteiger partial charge in [0.1, 0.15) is 6.04 Å². The van der Waals surface area contributed by atoms with Crippen LogP contribution in [-0.4, -0.2) is 55.0 Å². The molecule has 19 heavy (non-hydrogen) atoms. The van der Waals surface area contributed by atoms with Crippen molar-refractivity contribution in [1.29, 1.82) is 0 Å². The topological polar surface area (TPSA) is 52.7 Å². The van der Waals surface area contributed by atoms with Crippen molar-refractivity contribution in [2.45, 2.75) is 25.8 Å². The first kappa shape index (κ1) is 13.9. The summed E-state index contributed by atoms with van der Waals surface area (Å²) in [4.78, 5) is 27.2. The molecular weight excluding hydrogens is 242 g/mol. The van der Waals surface area contributed by atoms with Gasteiger partial charge in [-0.15, -0.1) is 0 Å². The van der Waals surface area contributed by atoms with E-state index in [4.69, 9.17) is 0 Å². The highest BCUT2D eigenvalue weighted by atomic mass is 16.2. The van der Waals surface area contributed by atoms with Crippen LogP contribution < -0.4 is 5.32 Å². The molecule has 1 aliphatic carbocycles. The van der Waals surface area contributed by atoms with Crippen LogP contribution >= 0.6 is 0 Å². The number of carbonyl (C=O) groups excluding carboxylic acids is 2. The summed E-state index contributed by atoms with van der Waals surface area (Å²) in [5, 5.41) is 2.79. The van der Waals surface area contributed by atoms with Gasteiger partial charge in [0.05, 0.1) is 0 Å². The molecule has 0 radical (unpaired) electrons. The van der Waals surface area contributed by atoms with Gasteiger partial charge in [0.15, 0.2) is 0 Å². The lowest BCUT2D eigenvalue weighted by Crippen LogP contribution is -2.49. The molecule has 2 aliphatic rings. The van der Waals surface area contributed by atoms with Gasteiger partial charge in [0.25, 0.3) is 0 Å². The van der Waals surface area contributed by atoms with Crippen molar-refractivity contribution in [2.75, 3.05) is 27.2 Å². The summed E-state index contributed by atoms with van der Waals surface area (Å²) < 4.78 is 0. The minimum Gasteiger partial charge on any atom is -0.347 e. The number of carbonyl (C=O) groups is 2. The second kappa shape index (κ2) is 5.63. The van der Waals surface area contributed by atoms with Crippen LogP contribution in [-0.2, 0) is 4.79 Å². The zero-order valence-corrected chi connectivity index (χ0v) is 11.9. The maximum absolute atomic E-state index is 12.1. The van der Waals surface area contributed by atoms with Crippen molar-refractivity contribution in [3.05, 3.63) is 12.2 Å². The molecule has 0 saturated carbocycles. The molecule has 0 aromatic heterocycles. The fourth-order valence-electron chi connectivity index (χ4n) is 2.91. The summed E-state index contributed by atoms with van der Waals surface area (Å²) >= 11 is 0. The number of hydrogen-bond acceptors (Lipinski definition) is 2. The molecule has 5 nitrogen and oxygen atoms in total. The third-order valence-corrected chi connectivity index (χ3v) is 4.06. The average Bonchev–Trinajstić information content (AvgIpc) is 2.81. The Bertz CT molecular complexity index is 376. The first-order chi connectivity index (χ1) is 8.99. The summed E-state index contributed by atoms with van der Waals surface area (Å²) in [6.07, 6.45) is 6.56. The molecule has 106 valence electrons. The lowest BCUT2D eigenvalue weighted by atomic mass is 9.86. The lowest BCUT2D eigenvalue weighted by molar-refractivity contribution is -0.130. The molecule has 0 spiro atoms. The van der Waals surface area contributed by atoms with E-state index in [9.17, 15) is 9.59 Å². The number of likely N-dealkylation sites (tertiary alicyclic amines) is 1. The Morgan fingerprint density at radius 2 is 1.74 bits per heavy atom. The van der Waals surface area contributed by atoms with E-state index in [0.29, 0.717) is 11.8 Å². The first-order valence-electron chi connectivity index (χ1n) is 6.90. The van der Waals surface area contributed by atoms with Crippen molar-refractivity contribution in [3.8, 4) is 0 Å². The standard InChI is InChI=1S/C14H23N3O2/c1-10(13(18)16(2)3)15-14(19)17-8-11-6-4-5-7-12(11)9-17/h4-5,10-12H,6-9H2,1-3H3,(H,15,19). The fraction of sp³-hybridized carbons (Fsp3) is 0.714. The van der Waals surface area contributed by atoms with E-state index in [1.165, 1.54) is 4.90 Å². The summed E-state index contributed by atoms with van der Waals surface area (Å²) in [5.41, 5.74) is 0. The quantitative estimate of drug-likeness (QED) is 0.759. The number of amides is 3. The van der Waals surface area contributed by atoms with Crippen molar-refractivity contribution < 1.29 is 9.59 Å². The SMILES string of the molecule is CC(NC(=O)N1CC2CC=CCC2C1)C(=O)N(C)C. The third-order valence-electron chi connectivity index (χ3n) is 4.06. The minimum absolute atomic E-state index is 0.0772. The molecule has 1 saturated heterocycles. The van der Waals surface area contributed by atoms with Crippen LogP contribution in [0.1, 0.15) is 19.8 Å². The maximum atomic E-state index is 12.1. The Morgan fingerprint density at radius 1 is 1.21 bits per heavy atom. The van der Waals surface area contributed by atoms with Crippen molar-refractivity contribution in [2.24, 2.45) is 11.8 Å². The highest BCUT2D eigenvalue weighted by molar-refractivity contribution is 5.86. The molecule has 3 atom stereocenters. The zero-order valence-electron chi connectivity index (χ0n) is 11.9. The van der Waals surface area contributed by atoms with Gasteiger partial charge in [-0.25, -0.2) is 4.79 Å². The minimum atomic E-state index is -0.469. The molecule has 3 amide bonds. The monoisotopic (exact) mass is 265 g/mol. The van der Waals surface area contributed by atoms with Crippen LogP contribution in [0.2, 0.25) is 0 Å². The molecule has 1 N–H and O–H groups in total. The summed E-state index contributed by atoms with van der Waals surface area (Å²) in [7, 11) is 3.39. The van der Waals surface area contributed by atoms with Gasteiger partial charge in [-0.3, -0.25) is 4.79 Å². The Morgan fingerprint density at radius 3 is 2.21 bits per heavy atom. The van der Waals surface area contributed by atoms with Gasteiger partial charge in [0, 0.05) is 27.2 Å². The largest absolute Gasteiger partial charge is 0.347 e. The second-order valence-corrected chi connectivity index (χ2v) is 5.77. The number of urea groups is 1. The number of fused-ring (bicyclic) bond motifs is 1. The number of allylic oxidation sites excluding steroid dienone is 2. The van der Waals surface area contributed by atoms with E-state index in [0.717, 1.165) is 25.9 Å². The molecule has 1 aliphatic heterocycles. The molecule has 1 fully saturated rings. The number of hydrogen-bond donors (Lipinski definition) is 1. The molecule has 5 heteroatoms. The first-order valence-corrected chi connectivity index (χ1v) is 6.90. The summed E-state index contributed by atoms with van der Waals surface area (Å²) in [6, 6.07) is -0.583. The van der Waals surface area contributed by atoms with E-state index in [1.54, 1.807) is 21.0 Å². The highest BCUT2D eigenvalue weighted by Gasteiger charge is 2.35. The maximum Gasteiger partial charge on any atom is 0.318 e. The normalized spacial score (nSPS) is 26.8. The molecule has 0 aromatic carbocycles. The van der Waals surface area contributed by atoms with E-state index >= 15 is 0 Å². The van der Waals surface area contributed by atoms with Gasteiger partial charge in [-0.2, -0.15) is 0 Å². The number of likely N-dealkylation sites (N-methyl/N-ethyl adjacent to an activating group) is 1. The predicted molar refractivity (Wildman–Crippen MR) is 73.6 cm³/mol. The molecule has 2 rings (SSSR count). The van der Waals surface area contributed by atoms with E-state index in [-0.39, 0.29) is 11.9 Å². The zero-order chi connectivity index (χ0) is 14.0. The molecule has 0 bridgehead atoms. The number of rotatable bonds is 2. The second-order valence-electron chi connectivity index (χ2n) is 5.77. The Kier molecular flexibility index (Phi) is 4.12. The Labute approximate surface area is 114 Å². The van der Waals surface area contributed by atoms with Crippen LogP contribution in [0.5, 0.6) is 0 Å². The van der Waals surface area contributed by atoms with E-state index < -0.39 is 6.04 Å². The van der Waals surface area contributed by atoms with Crippen molar-refractivity contribution >= 4 is 11.9 Å². The molecule has 3 unspecified atom stereocenters. The van der Waals surface area contributed by atoms with Crippen molar-refractivity contribution in [3.63, 3.8) is 0 Å². The Balaban J connectivity index is 1.86. The van der Waals surface area contributed by atoms with Crippen LogP contribution in [0, 0.1) is 11.8 Å². The van der Waals surface area contributed by atoms with Gasteiger partial charge in [-0.05, 0) is 31.6 Å². The summed E-state index contributed by atoms with van der Waals surface area (Å²) in [5.74, 6) is 1.11. The molecule has 1 heterocycles. The Hall–Kier alpha value is -1.52. The average molecular weight is 265 g/mol. The van der Waals surface area contributed by atoms with E-state index in [1.807, 2.05) is 4.90 Å². The highest BCUT2D eigenvalue weighted by Crippen LogP contribution is 2.32. The summed E-state index contributed by atoms with van der Waals surface area (Å²) in [6.45, 7) is 3.35. The van der Waals surface area contributed by atoms with Gasteiger partial charge >= 0.3 is 6.03 Å². The third kappa shape index (κ3) is 3.08. The molecule has 0 aromatic rings. The van der Waals surface area contributed by atoms with Crippen LogP contribution in [0.4, 0.5) is 4.79 Å². The van der Waals surface area contributed by atoms with Gasteiger partial charge in [0.2, 0.25) is 5.91 Å². The number of nitrogens with zero attached hydrogens (tertiary/aromatic N) is 2. The predicted octanol–water partition coefficient (Wildman–Crippen LogP) is 1.07. The van der Waals surface area contributed by atoms with Crippen LogP contribution in [0.15, 0.2) is 12.2 Å². The van der Waals surface area contributed by atoms with E-state index in [2.05, 4.69) is 17.5 Å². The van der Waals surface area contributed by atoms with Crippen LogP contribution in [0.25, 0.3) is 0 Å². The van der Waals surface area contributed by atoms with Crippen molar-refractivity contribution in [1.82, 2.24) is 15.1 Å². The van der Waals surface area contributed by atoms with Crippen LogP contribution in [0.3, 0.4) is 0 Å². The van der Waals surface area contributed by atoms with Gasteiger partial charge in [-0.1, -0.05) is 12.2 Å². The molecular formula is C14H23N3O2. The lowest BCUT2D eigenvalue weighted by Gasteiger charge is -2.22. The fourth-order valence-corrected chi connectivity index (χ4v) is 2.91. The smallest absolute Gasteiger partial charge is 0.318 e. The number of nitrogens with one attached hydrogen (secondary N) is 1. The van der Waals surface area contributed by atoms with Gasteiger partial charge < -0.3 is 15.1 Å².